The third-order valence-electron chi connectivity index (χ3n) is 4.54. The van der Waals surface area contributed by atoms with Gasteiger partial charge in [-0.2, -0.15) is 0 Å². The number of ether oxygens (including phenoxy) is 1. The number of hydrogen-bond acceptors (Lipinski definition) is 4. The Hall–Kier alpha value is -3.15. The molecule has 1 aliphatic rings. The fourth-order valence-electron chi connectivity index (χ4n) is 3.03. The molecule has 2 aromatic rings. The monoisotopic (exact) mass is 366 g/mol. The number of para-hydroxylation sites is 1. The Kier molecular flexibility index (Phi) is 5.54. The third kappa shape index (κ3) is 4.53. The van der Waals surface area contributed by atoms with Crippen molar-refractivity contribution >= 4 is 29.2 Å². The largest absolute Gasteiger partial charge is 0.455 e. The molecule has 0 saturated carbocycles. The molecule has 1 atom stereocenters. The molecule has 0 bridgehead atoms. The molecule has 1 N–H and O–H groups in total. The number of aryl methyl sites for hydroxylation is 2. The minimum Gasteiger partial charge on any atom is -0.455 e. The summed E-state index contributed by atoms with van der Waals surface area (Å²) in [6, 6.07) is 14.9. The Morgan fingerprint density at radius 3 is 2.63 bits per heavy atom. The standard InChI is InChI=1S/C21H22N2O4/c1-14-8-9-15(2)18(10-14)22-19(24)13-27-21(26)16-11-20(25)23(12-16)17-6-4-3-5-7-17/h3-10,16H,11-13H2,1-2H3,(H,22,24)/t16-/m0/s1. The van der Waals surface area contributed by atoms with Crippen LogP contribution in [-0.2, 0) is 19.1 Å². The van der Waals surface area contributed by atoms with E-state index >= 15 is 0 Å². The van der Waals surface area contributed by atoms with Crippen molar-refractivity contribution in [2.45, 2.75) is 20.3 Å². The van der Waals surface area contributed by atoms with Crippen molar-refractivity contribution in [2.75, 3.05) is 23.4 Å². The summed E-state index contributed by atoms with van der Waals surface area (Å²) in [5.74, 6) is -1.62. The van der Waals surface area contributed by atoms with Gasteiger partial charge in [0.05, 0.1) is 5.92 Å². The predicted molar refractivity (Wildman–Crippen MR) is 102 cm³/mol. The van der Waals surface area contributed by atoms with Crippen LogP contribution in [-0.4, -0.2) is 30.9 Å². The predicted octanol–water partition coefficient (Wildman–Crippen LogP) is 2.84. The number of nitrogens with one attached hydrogen (secondary N) is 1. The van der Waals surface area contributed by atoms with Crippen molar-refractivity contribution in [1.82, 2.24) is 0 Å². The van der Waals surface area contributed by atoms with Gasteiger partial charge < -0.3 is 15.0 Å². The smallest absolute Gasteiger partial charge is 0.311 e. The van der Waals surface area contributed by atoms with Crippen LogP contribution in [0.25, 0.3) is 0 Å². The van der Waals surface area contributed by atoms with Gasteiger partial charge in [-0.25, -0.2) is 0 Å². The topological polar surface area (TPSA) is 75.7 Å². The van der Waals surface area contributed by atoms with Gasteiger partial charge in [0.2, 0.25) is 5.91 Å². The molecular formula is C21H22N2O4. The molecule has 1 heterocycles. The van der Waals surface area contributed by atoms with Crippen molar-refractivity contribution in [3.8, 4) is 0 Å². The minimum absolute atomic E-state index is 0.0896. The van der Waals surface area contributed by atoms with E-state index in [4.69, 9.17) is 4.74 Å². The lowest BCUT2D eigenvalue weighted by atomic mass is 10.1. The molecule has 1 saturated heterocycles. The number of rotatable bonds is 5. The summed E-state index contributed by atoms with van der Waals surface area (Å²) in [5.41, 5.74) is 3.41. The number of anilines is 2. The molecule has 140 valence electrons. The van der Waals surface area contributed by atoms with Crippen LogP contribution in [0.1, 0.15) is 17.5 Å². The SMILES string of the molecule is Cc1ccc(C)c(NC(=O)COC(=O)[C@H]2CC(=O)N(c3ccccc3)C2)c1. The summed E-state index contributed by atoms with van der Waals surface area (Å²) in [5, 5.41) is 2.75. The van der Waals surface area contributed by atoms with E-state index in [-0.39, 0.29) is 25.5 Å². The molecule has 0 aliphatic carbocycles. The van der Waals surface area contributed by atoms with Crippen molar-refractivity contribution in [3.63, 3.8) is 0 Å². The van der Waals surface area contributed by atoms with E-state index in [1.165, 1.54) is 0 Å². The summed E-state index contributed by atoms with van der Waals surface area (Å²) >= 11 is 0. The number of amides is 2. The number of carbonyl (C=O) groups is 3. The van der Waals surface area contributed by atoms with Gasteiger partial charge >= 0.3 is 5.97 Å². The van der Waals surface area contributed by atoms with E-state index in [0.29, 0.717) is 5.69 Å². The van der Waals surface area contributed by atoms with Crippen LogP contribution in [0.5, 0.6) is 0 Å². The molecule has 2 aromatic carbocycles. The number of carbonyl (C=O) groups excluding carboxylic acids is 3. The van der Waals surface area contributed by atoms with Gasteiger partial charge in [-0.05, 0) is 43.2 Å². The summed E-state index contributed by atoms with van der Waals surface area (Å²) in [7, 11) is 0. The van der Waals surface area contributed by atoms with Crippen molar-refractivity contribution in [1.29, 1.82) is 0 Å². The highest BCUT2D eigenvalue weighted by molar-refractivity contribution is 6.00. The number of nitrogens with zero attached hydrogens (tertiary/aromatic N) is 1. The lowest BCUT2D eigenvalue weighted by Gasteiger charge is -2.16. The quantitative estimate of drug-likeness (QED) is 0.826. The van der Waals surface area contributed by atoms with E-state index in [9.17, 15) is 14.4 Å². The Morgan fingerprint density at radius 2 is 1.89 bits per heavy atom. The lowest BCUT2D eigenvalue weighted by molar-refractivity contribution is -0.151. The molecule has 0 aromatic heterocycles. The van der Waals surface area contributed by atoms with Crippen molar-refractivity contribution in [3.05, 3.63) is 59.7 Å². The van der Waals surface area contributed by atoms with Gasteiger partial charge in [-0.1, -0.05) is 30.3 Å². The van der Waals surface area contributed by atoms with Gasteiger partial charge in [-0.15, -0.1) is 0 Å². The van der Waals surface area contributed by atoms with E-state index in [1.54, 1.807) is 4.90 Å². The van der Waals surface area contributed by atoms with Crippen LogP contribution in [0.15, 0.2) is 48.5 Å². The molecule has 1 fully saturated rings. The highest BCUT2D eigenvalue weighted by Crippen LogP contribution is 2.25. The van der Waals surface area contributed by atoms with Crippen LogP contribution in [0, 0.1) is 19.8 Å². The van der Waals surface area contributed by atoms with Crippen molar-refractivity contribution < 1.29 is 19.1 Å². The van der Waals surface area contributed by atoms with Gasteiger partial charge in [0.25, 0.3) is 5.91 Å². The molecule has 2 amide bonds. The maximum Gasteiger partial charge on any atom is 0.311 e. The highest BCUT2D eigenvalue weighted by atomic mass is 16.5. The first-order valence-electron chi connectivity index (χ1n) is 8.83. The molecular weight excluding hydrogens is 344 g/mol. The van der Waals surface area contributed by atoms with Crippen LogP contribution >= 0.6 is 0 Å². The third-order valence-corrected chi connectivity index (χ3v) is 4.54. The normalized spacial score (nSPS) is 16.3. The molecule has 6 nitrogen and oxygen atoms in total. The molecule has 0 radical (unpaired) electrons. The highest BCUT2D eigenvalue weighted by Gasteiger charge is 2.36. The van der Waals surface area contributed by atoms with Crippen LogP contribution < -0.4 is 10.2 Å². The van der Waals surface area contributed by atoms with E-state index in [2.05, 4.69) is 5.32 Å². The van der Waals surface area contributed by atoms with Gasteiger partial charge in [0.15, 0.2) is 6.61 Å². The maximum absolute atomic E-state index is 12.3. The van der Waals surface area contributed by atoms with E-state index < -0.39 is 17.8 Å². The molecule has 27 heavy (non-hydrogen) atoms. The summed E-state index contributed by atoms with van der Waals surface area (Å²) in [6.45, 7) is 3.72. The molecule has 0 spiro atoms. The first kappa shape index (κ1) is 18.6. The zero-order valence-corrected chi connectivity index (χ0v) is 15.4. The van der Waals surface area contributed by atoms with Crippen LogP contribution in [0.4, 0.5) is 11.4 Å². The first-order valence-corrected chi connectivity index (χ1v) is 8.83. The zero-order chi connectivity index (χ0) is 19.4. The van der Waals surface area contributed by atoms with Gasteiger partial charge in [-0.3, -0.25) is 14.4 Å². The Balaban J connectivity index is 1.53. The first-order chi connectivity index (χ1) is 12.9. The minimum atomic E-state index is -0.564. The fraction of sp³-hybridized carbons (Fsp3) is 0.286. The Morgan fingerprint density at radius 1 is 1.15 bits per heavy atom. The summed E-state index contributed by atoms with van der Waals surface area (Å²) in [6.07, 6.45) is 0.0896. The molecule has 6 heteroatoms. The van der Waals surface area contributed by atoms with E-state index in [1.807, 2.05) is 62.4 Å². The Bertz CT molecular complexity index is 864. The van der Waals surface area contributed by atoms with Crippen LogP contribution in [0.3, 0.4) is 0 Å². The Labute approximate surface area is 158 Å². The molecule has 0 unspecified atom stereocenters. The summed E-state index contributed by atoms with van der Waals surface area (Å²) < 4.78 is 5.13. The van der Waals surface area contributed by atoms with Gasteiger partial charge in [0, 0.05) is 24.3 Å². The zero-order valence-electron chi connectivity index (χ0n) is 15.4. The van der Waals surface area contributed by atoms with Crippen molar-refractivity contribution in [2.24, 2.45) is 5.92 Å². The average molecular weight is 366 g/mol. The van der Waals surface area contributed by atoms with Gasteiger partial charge in [0.1, 0.15) is 0 Å². The lowest BCUT2D eigenvalue weighted by Crippen LogP contribution is -2.28. The fourth-order valence-corrected chi connectivity index (χ4v) is 3.03. The van der Waals surface area contributed by atoms with Crippen LogP contribution in [0.2, 0.25) is 0 Å². The number of hydrogen-bond donors (Lipinski definition) is 1. The number of benzene rings is 2. The van der Waals surface area contributed by atoms with E-state index in [0.717, 1.165) is 16.8 Å². The second kappa shape index (κ2) is 8.03. The second-order valence-electron chi connectivity index (χ2n) is 6.72. The molecule has 3 rings (SSSR count). The molecule has 1 aliphatic heterocycles. The maximum atomic E-state index is 12.3. The number of esters is 1. The second-order valence-corrected chi connectivity index (χ2v) is 6.72. The summed E-state index contributed by atoms with van der Waals surface area (Å²) in [4.78, 5) is 38.1. The average Bonchev–Trinajstić information content (AvgIpc) is 3.05.